The molecular formula is C22H28ClN5O2S. The first-order valence-corrected chi connectivity index (χ1v) is 11.9. The van der Waals surface area contributed by atoms with Crippen molar-refractivity contribution in [3.63, 3.8) is 0 Å². The Bertz CT molecular complexity index is 936. The Labute approximate surface area is 192 Å². The fraction of sp³-hybridized carbons (Fsp3) is 0.545. The molecule has 1 amide bonds. The molecule has 0 unspecified atom stereocenters. The minimum atomic E-state index is -0.690. The highest BCUT2D eigenvalue weighted by atomic mass is 35.5. The van der Waals surface area contributed by atoms with Gasteiger partial charge in [0.2, 0.25) is 5.91 Å². The maximum Gasteiger partial charge on any atom is 0.234 e. The summed E-state index contributed by atoms with van der Waals surface area (Å²) in [5.41, 5.74) is 0.111. The van der Waals surface area contributed by atoms with Gasteiger partial charge < -0.3 is 14.2 Å². The summed E-state index contributed by atoms with van der Waals surface area (Å²) in [5, 5.41) is 19.7. The minimum absolute atomic E-state index is 0.0702. The molecule has 1 saturated carbocycles. The molecule has 9 heteroatoms. The van der Waals surface area contributed by atoms with E-state index >= 15 is 0 Å². The number of methoxy groups -OCH3 is 1. The predicted octanol–water partition coefficient (Wildman–Crippen LogP) is 4.41. The van der Waals surface area contributed by atoms with Gasteiger partial charge in [0, 0.05) is 32.9 Å². The summed E-state index contributed by atoms with van der Waals surface area (Å²) in [7, 11) is 3.41. The van der Waals surface area contributed by atoms with E-state index in [1.54, 1.807) is 19.1 Å². The van der Waals surface area contributed by atoms with Gasteiger partial charge in [-0.05, 0) is 31.4 Å². The highest BCUT2D eigenvalue weighted by molar-refractivity contribution is 7.99. The monoisotopic (exact) mass is 461 g/mol. The van der Waals surface area contributed by atoms with E-state index in [1.807, 2.05) is 28.8 Å². The van der Waals surface area contributed by atoms with E-state index in [2.05, 4.69) is 16.3 Å². The highest BCUT2D eigenvalue weighted by Crippen LogP contribution is 2.34. The number of aromatic nitrogens is 3. The van der Waals surface area contributed by atoms with Crippen LogP contribution < -0.4 is 0 Å². The average Bonchev–Trinajstić information content (AvgIpc) is 3.20. The van der Waals surface area contributed by atoms with Crippen LogP contribution >= 0.6 is 23.4 Å². The van der Waals surface area contributed by atoms with Crippen molar-refractivity contribution in [1.82, 2.24) is 19.7 Å². The first-order valence-electron chi connectivity index (χ1n) is 10.5. The molecule has 0 spiro atoms. The van der Waals surface area contributed by atoms with Crippen LogP contribution in [0, 0.1) is 11.3 Å². The van der Waals surface area contributed by atoms with Gasteiger partial charge in [0.1, 0.15) is 5.54 Å². The Morgan fingerprint density at radius 1 is 1.32 bits per heavy atom. The first kappa shape index (κ1) is 23.6. The summed E-state index contributed by atoms with van der Waals surface area (Å²) in [6.07, 6.45) is 5.34. The van der Waals surface area contributed by atoms with E-state index in [1.165, 1.54) is 11.8 Å². The lowest BCUT2D eigenvalue weighted by Crippen LogP contribution is -2.50. The molecule has 166 valence electrons. The molecule has 2 aromatic rings. The standard InChI is InChI=1S/C22H28ClN5O2S/c1-27(22(16-24)11-6-3-7-12-22)19(29)15-31-21-26-25-20(28(21)13-8-14-30-2)17-9-4-5-10-18(17)23/h4-5,9-10H,3,6-8,11-15H2,1-2H3. The Hall–Kier alpha value is -2.08. The van der Waals surface area contributed by atoms with Crippen LogP contribution in [0.2, 0.25) is 5.02 Å². The minimum Gasteiger partial charge on any atom is -0.385 e. The lowest BCUT2D eigenvalue weighted by molar-refractivity contribution is -0.131. The third-order valence-electron chi connectivity index (χ3n) is 5.79. The van der Waals surface area contributed by atoms with Crippen LogP contribution in [0.3, 0.4) is 0 Å². The first-order chi connectivity index (χ1) is 15.0. The SMILES string of the molecule is COCCCn1c(SCC(=O)N(C)C2(C#N)CCCCC2)nnc1-c1ccccc1Cl. The molecule has 1 aliphatic carbocycles. The number of thioether (sulfide) groups is 1. The fourth-order valence-corrected chi connectivity index (χ4v) is 5.03. The number of benzene rings is 1. The molecule has 0 saturated heterocycles. The van der Waals surface area contributed by atoms with Gasteiger partial charge in [0.15, 0.2) is 11.0 Å². The number of hydrogen-bond acceptors (Lipinski definition) is 6. The molecule has 1 aliphatic rings. The van der Waals surface area contributed by atoms with E-state index in [-0.39, 0.29) is 11.7 Å². The number of carbonyl (C=O) groups excluding carboxylic acids is 1. The largest absolute Gasteiger partial charge is 0.385 e. The van der Waals surface area contributed by atoms with Gasteiger partial charge in [-0.3, -0.25) is 4.79 Å². The zero-order chi connectivity index (χ0) is 22.3. The van der Waals surface area contributed by atoms with Crippen molar-refractivity contribution in [3.8, 4) is 17.5 Å². The van der Waals surface area contributed by atoms with Crippen molar-refractivity contribution in [2.45, 2.75) is 55.8 Å². The summed E-state index contributed by atoms with van der Waals surface area (Å²) < 4.78 is 7.18. The summed E-state index contributed by atoms with van der Waals surface area (Å²) in [5.74, 6) is 0.801. The Balaban J connectivity index is 1.77. The number of nitrogens with zero attached hydrogens (tertiary/aromatic N) is 5. The number of hydrogen-bond donors (Lipinski definition) is 0. The van der Waals surface area contributed by atoms with Crippen LogP contribution in [-0.4, -0.2) is 57.6 Å². The normalized spacial score (nSPS) is 15.4. The maximum atomic E-state index is 12.9. The van der Waals surface area contributed by atoms with Crippen molar-refractivity contribution in [3.05, 3.63) is 29.3 Å². The van der Waals surface area contributed by atoms with Crippen LogP contribution in [0.4, 0.5) is 0 Å². The topological polar surface area (TPSA) is 84.0 Å². The molecular weight excluding hydrogens is 434 g/mol. The molecule has 7 nitrogen and oxygen atoms in total. The molecule has 0 aliphatic heterocycles. The summed E-state index contributed by atoms with van der Waals surface area (Å²) in [4.78, 5) is 14.6. The Morgan fingerprint density at radius 2 is 2.06 bits per heavy atom. The van der Waals surface area contributed by atoms with Gasteiger partial charge >= 0.3 is 0 Å². The number of ether oxygens (including phenoxy) is 1. The number of halogens is 1. The van der Waals surface area contributed by atoms with Crippen molar-refractivity contribution in [2.75, 3.05) is 26.5 Å². The zero-order valence-corrected chi connectivity index (χ0v) is 19.6. The third kappa shape index (κ3) is 5.40. The van der Waals surface area contributed by atoms with Crippen LogP contribution in [0.15, 0.2) is 29.4 Å². The second-order valence-electron chi connectivity index (χ2n) is 7.73. The van der Waals surface area contributed by atoms with E-state index in [0.29, 0.717) is 29.2 Å². The quantitative estimate of drug-likeness (QED) is 0.406. The fourth-order valence-electron chi connectivity index (χ4n) is 3.93. The predicted molar refractivity (Wildman–Crippen MR) is 122 cm³/mol. The van der Waals surface area contributed by atoms with Gasteiger partial charge in [0.05, 0.1) is 16.8 Å². The van der Waals surface area contributed by atoms with Crippen molar-refractivity contribution in [2.24, 2.45) is 0 Å². The van der Waals surface area contributed by atoms with E-state index in [0.717, 1.165) is 44.1 Å². The lowest BCUT2D eigenvalue weighted by atomic mass is 9.81. The summed E-state index contributed by atoms with van der Waals surface area (Å²) in [6.45, 7) is 1.26. The third-order valence-corrected chi connectivity index (χ3v) is 7.07. The van der Waals surface area contributed by atoms with Crippen molar-refractivity contribution in [1.29, 1.82) is 5.26 Å². The van der Waals surface area contributed by atoms with Gasteiger partial charge in [-0.25, -0.2) is 0 Å². The Kier molecular flexibility index (Phi) is 8.35. The number of carbonyl (C=O) groups is 1. The lowest BCUT2D eigenvalue weighted by Gasteiger charge is -2.39. The van der Waals surface area contributed by atoms with Crippen LogP contribution in [0.1, 0.15) is 38.5 Å². The zero-order valence-electron chi connectivity index (χ0n) is 18.0. The maximum absolute atomic E-state index is 12.9. The van der Waals surface area contributed by atoms with E-state index in [9.17, 15) is 10.1 Å². The smallest absolute Gasteiger partial charge is 0.234 e. The van der Waals surface area contributed by atoms with Gasteiger partial charge in [-0.1, -0.05) is 54.8 Å². The molecule has 1 heterocycles. The second-order valence-corrected chi connectivity index (χ2v) is 9.08. The molecule has 0 bridgehead atoms. The van der Waals surface area contributed by atoms with E-state index < -0.39 is 5.54 Å². The molecule has 1 aromatic heterocycles. The molecule has 0 atom stereocenters. The molecule has 31 heavy (non-hydrogen) atoms. The molecule has 0 radical (unpaired) electrons. The van der Waals surface area contributed by atoms with Crippen molar-refractivity contribution >= 4 is 29.3 Å². The van der Waals surface area contributed by atoms with Crippen molar-refractivity contribution < 1.29 is 9.53 Å². The second kappa shape index (κ2) is 11.0. The van der Waals surface area contributed by atoms with Gasteiger partial charge in [-0.2, -0.15) is 5.26 Å². The number of nitriles is 1. The summed E-state index contributed by atoms with van der Waals surface area (Å²) in [6, 6.07) is 9.92. The molecule has 0 N–H and O–H groups in total. The van der Waals surface area contributed by atoms with E-state index in [4.69, 9.17) is 16.3 Å². The van der Waals surface area contributed by atoms with Gasteiger partial charge in [-0.15, -0.1) is 10.2 Å². The molecule has 1 fully saturated rings. The van der Waals surface area contributed by atoms with Crippen LogP contribution in [0.5, 0.6) is 0 Å². The van der Waals surface area contributed by atoms with Gasteiger partial charge in [0.25, 0.3) is 0 Å². The number of rotatable bonds is 9. The van der Waals surface area contributed by atoms with Crippen LogP contribution in [0.25, 0.3) is 11.4 Å². The molecule has 1 aromatic carbocycles. The highest BCUT2D eigenvalue weighted by Gasteiger charge is 2.38. The average molecular weight is 462 g/mol. The Morgan fingerprint density at radius 3 is 2.74 bits per heavy atom. The van der Waals surface area contributed by atoms with Crippen LogP contribution in [-0.2, 0) is 16.1 Å². The summed E-state index contributed by atoms with van der Waals surface area (Å²) >= 11 is 7.72. The molecule has 3 rings (SSSR count). The number of amides is 1.